The average Bonchev–Trinajstić information content (AvgIpc) is 2.90. The fourth-order valence-corrected chi connectivity index (χ4v) is 5.15. The van der Waals surface area contributed by atoms with Gasteiger partial charge in [-0.05, 0) is 32.2 Å². The maximum Gasteiger partial charge on any atom is 0.185 e. The molecule has 2 aliphatic rings. The molecule has 1 unspecified atom stereocenters. The summed E-state index contributed by atoms with van der Waals surface area (Å²) < 4.78 is 11.5. The van der Waals surface area contributed by atoms with Gasteiger partial charge < -0.3 is 10.2 Å². The Kier molecular flexibility index (Phi) is 4.73. The smallest absolute Gasteiger partial charge is 0.185 e. The van der Waals surface area contributed by atoms with Crippen molar-refractivity contribution in [1.29, 1.82) is 0 Å². The van der Waals surface area contributed by atoms with Crippen molar-refractivity contribution in [3.63, 3.8) is 0 Å². The normalized spacial score (nSPS) is 23.9. The van der Waals surface area contributed by atoms with Crippen LogP contribution in [0.4, 0.5) is 5.13 Å². The van der Waals surface area contributed by atoms with Gasteiger partial charge in [-0.3, -0.25) is 4.21 Å². The number of fused-ring (bicyclic) bond motifs is 1. The first-order chi connectivity index (χ1) is 9.78. The largest absolute Gasteiger partial charge is 0.346 e. The maximum absolute atomic E-state index is 11.5. The standard InChI is InChI=1S/C14H23N3OS2/c1-2-6-15-11-4-3-5-12-13(11)16-14(19-12)17-7-9-20(18)10-8-17/h11,15H,2-10H2,1H3. The number of aromatic nitrogens is 1. The van der Waals surface area contributed by atoms with Crippen molar-refractivity contribution in [2.45, 2.75) is 38.6 Å². The summed E-state index contributed by atoms with van der Waals surface area (Å²) in [5.41, 5.74) is 1.29. The van der Waals surface area contributed by atoms with Crippen LogP contribution < -0.4 is 10.2 Å². The second-order valence-corrected chi connectivity index (χ2v) is 8.30. The Morgan fingerprint density at radius 2 is 2.25 bits per heavy atom. The third-order valence-corrected chi connectivity index (χ3v) is 6.50. The van der Waals surface area contributed by atoms with Crippen LogP contribution in [-0.4, -0.2) is 40.3 Å². The summed E-state index contributed by atoms with van der Waals surface area (Å²) in [7, 11) is -0.613. The first-order valence-electron chi connectivity index (χ1n) is 7.61. The van der Waals surface area contributed by atoms with Gasteiger partial charge in [-0.1, -0.05) is 6.92 Å². The summed E-state index contributed by atoms with van der Waals surface area (Å²) in [6.07, 6.45) is 4.82. The molecule has 1 aliphatic carbocycles. The molecular formula is C14H23N3OS2. The predicted octanol–water partition coefficient (Wildman–Crippen LogP) is 2.09. The molecule has 0 saturated carbocycles. The molecule has 2 heterocycles. The van der Waals surface area contributed by atoms with Gasteiger partial charge in [0, 0.05) is 40.3 Å². The first-order valence-corrected chi connectivity index (χ1v) is 9.91. The van der Waals surface area contributed by atoms with E-state index in [9.17, 15) is 4.21 Å². The summed E-state index contributed by atoms with van der Waals surface area (Å²) >= 11 is 1.86. The molecular weight excluding hydrogens is 290 g/mol. The first kappa shape index (κ1) is 14.5. The second kappa shape index (κ2) is 6.54. The van der Waals surface area contributed by atoms with Crippen molar-refractivity contribution >= 4 is 27.3 Å². The summed E-state index contributed by atoms with van der Waals surface area (Å²) in [6, 6.07) is 0.447. The minimum atomic E-state index is -0.613. The number of anilines is 1. The van der Waals surface area contributed by atoms with Crippen LogP contribution in [0.15, 0.2) is 0 Å². The van der Waals surface area contributed by atoms with Crippen molar-refractivity contribution in [3.05, 3.63) is 10.6 Å². The molecule has 1 N–H and O–H groups in total. The third kappa shape index (κ3) is 3.07. The van der Waals surface area contributed by atoms with Crippen molar-refractivity contribution in [3.8, 4) is 0 Å². The molecule has 112 valence electrons. The van der Waals surface area contributed by atoms with E-state index >= 15 is 0 Å². The van der Waals surface area contributed by atoms with Gasteiger partial charge in [-0.2, -0.15) is 0 Å². The zero-order valence-electron chi connectivity index (χ0n) is 12.1. The van der Waals surface area contributed by atoms with Crippen LogP contribution in [0.3, 0.4) is 0 Å². The molecule has 3 rings (SSSR count). The summed E-state index contributed by atoms with van der Waals surface area (Å²) in [4.78, 5) is 8.70. The number of nitrogens with one attached hydrogen (secondary N) is 1. The lowest BCUT2D eigenvalue weighted by molar-refractivity contribution is 0.454. The Balaban J connectivity index is 1.75. The molecule has 0 bridgehead atoms. The lowest BCUT2D eigenvalue weighted by atomic mass is 9.97. The van der Waals surface area contributed by atoms with Crippen LogP contribution in [-0.2, 0) is 17.2 Å². The van der Waals surface area contributed by atoms with Crippen LogP contribution in [0.1, 0.15) is 42.8 Å². The monoisotopic (exact) mass is 313 g/mol. The molecule has 1 aliphatic heterocycles. The lowest BCUT2D eigenvalue weighted by Crippen LogP contribution is -2.37. The minimum absolute atomic E-state index is 0.447. The van der Waals surface area contributed by atoms with Gasteiger partial charge in [0.05, 0.1) is 11.7 Å². The maximum atomic E-state index is 11.5. The zero-order valence-corrected chi connectivity index (χ0v) is 13.7. The van der Waals surface area contributed by atoms with E-state index in [0.29, 0.717) is 6.04 Å². The highest BCUT2D eigenvalue weighted by molar-refractivity contribution is 7.85. The van der Waals surface area contributed by atoms with E-state index in [1.165, 1.54) is 36.3 Å². The van der Waals surface area contributed by atoms with Crippen molar-refractivity contribution in [1.82, 2.24) is 10.3 Å². The molecule has 20 heavy (non-hydrogen) atoms. The molecule has 4 nitrogen and oxygen atoms in total. The summed E-state index contributed by atoms with van der Waals surface area (Å²) in [6.45, 7) is 5.06. The Morgan fingerprint density at radius 3 is 3.00 bits per heavy atom. The Bertz CT molecular complexity index is 479. The van der Waals surface area contributed by atoms with E-state index in [1.54, 1.807) is 0 Å². The zero-order chi connectivity index (χ0) is 13.9. The van der Waals surface area contributed by atoms with E-state index in [2.05, 4.69) is 17.1 Å². The molecule has 1 atom stereocenters. The minimum Gasteiger partial charge on any atom is -0.346 e. The quantitative estimate of drug-likeness (QED) is 0.924. The van der Waals surface area contributed by atoms with Crippen LogP contribution in [0, 0.1) is 0 Å². The van der Waals surface area contributed by atoms with Gasteiger partial charge >= 0.3 is 0 Å². The van der Waals surface area contributed by atoms with E-state index < -0.39 is 10.8 Å². The fourth-order valence-electron chi connectivity index (χ4n) is 2.89. The van der Waals surface area contributed by atoms with E-state index in [-0.39, 0.29) is 0 Å². The topological polar surface area (TPSA) is 45.2 Å². The van der Waals surface area contributed by atoms with Crippen LogP contribution in [0.5, 0.6) is 0 Å². The highest BCUT2D eigenvalue weighted by Gasteiger charge is 2.26. The molecule has 6 heteroatoms. The number of nitrogens with zero attached hydrogens (tertiary/aromatic N) is 2. The average molecular weight is 313 g/mol. The second-order valence-electron chi connectivity index (χ2n) is 5.54. The molecule has 1 aromatic rings. The fraction of sp³-hybridized carbons (Fsp3) is 0.786. The van der Waals surface area contributed by atoms with E-state index in [0.717, 1.165) is 36.3 Å². The van der Waals surface area contributed by atoms with Crippen LogP contribution in [0.25, 0.3) is 0 Å². The van der Waals surface area contributed by atoms with Gasteiger partial charge in [0.25, 0.3) is 0 Å². The van der Waals surface area contributed by atoms with Crippen LogP contribution >= 0.6 is 11.3 Å². The molecule has 1 aromatic heterocycles. The van der Waals surface area contributed by atoms with Gasteiger partial charge in [0.2, 0.25) is 0 Å². The number of thiazole rings is 1. The van der Waals surface area contributed by atoms with Crippen molar-refractivity contribution in [2.24, 2.45) is 0 Å². The molecule has 0 radical (unpaired) electrons. The van der Waals surface area contributed by atoms with Gasteiger partial charge in [0.1, 0.15) is 0 Å². The SMILES string of the molecule is CCCNC1CCCc2sc(N3CCS(=O)CC3)nc21. The number of rotatable bonds is 4. The van der Waals surface area contributed by atoms with Crippen molar-refractivity contribution < 1.29 is 4.21 Å². The number of hydrogen-bond acceptors (Lipinski definition) is 5. The molecule has 0 aromatic carbocycles. The molecule has 0 spiro atoms. The lowest BCUT2D eigenvalue weighted by Gasteiger charge is -2.25. The summed E-state index contributed by atoms with van der Waals surface area (Å²) in [5.74, 6) is 1.59. The van der Waals surface area contributed by atoms with E-state index in [4.69, 9.17) is 4.98 Å². The molecule has 0 amide bonds. The van der Waals surface area contributed by atoms with Crippen LogP contribution in [0.2, 0.25) is 0 Å². The highest BCUT2D eigenvalue weighted by Crippen LogP contribution is 2.36. The van der Waals surface area contributed by atoms with Gasteiger partial charge in [-0.15, -0.1) is 11.3 Å². The highest BCUT2D eigenvalue weighted by atomic mass is 32.2. The molecule has 1 saturated heterocycles. The van der Waals surface area contributed by atoms with Gasteiger partial charge in [-0.25, -0.2) is 4.98 Å². The number of hydrogen-bond donors (Lipinski definition) is 1. The Labute approximate surface area is 127 Å². The Hall–Kier alpha value is -0.460. The van der Waals surface area contributed by atoms with Gasteiger partial charge in [0.15, 0.2) is 5.13 Å². The Morgan fingerprint density at radius 1 is 1.45 bits per heavy atom. The molecule has 1 fully saturated rings. The summed E-state index contributed by atoms with van der Waals surface area (Å²) in [5, 5.41) is 4.78. The number of aryl methyl sites for hydroxylation is 1. The predicted molar refractivity (Wildman–Crippen MR) is 86.2 cm³/mol. The third-order valence-electron chi connectivity index (χ3n) is 4.03. The van der Waals surface area contributed by atoms with E-state index in [1.807, 2.05) is 11.3 Å². The van der Waals surface area contributed by atoms with Crippen molar-refractivity contribution in [2.75, 3.05) is 36.0 Å².